The van der Waals surface area contributed by atoms with Crippen LogP contribution in [0.15, 0.2) is 36.8 Å². The van der Waals surface area contributed by atoms with E-state index in [4.69, 9.17) is 5.11 Å². The van der Waals surface area contributed by atoms with Gasteiger partial charge in [0, 0.05) is 31.9 Å². The van der Waals surface area contributed by atoms with Gasteiger partial charge in [-0.25, -0.2) is 14.6 Å². The molecule has 0 saturated carbocycles. The van der Waals surface area contributed by atoms with Crippen LogP contribution in [0.25, 0.3) is 0 Å². The summed E-state index contributed by atoms with van der Waals surface area (Å²) in [7, 11) is 1.54. The Morgan fingerprint density at radius 2 is 2.14 bits per heavy atom. The number of rotatable bonds is 5. The first kappa shape index (κ1) is 14.6. The number of carboxylic acids is 1. The predicted molar refractivity (Wildman–Crippen MR) is 77.5 cm³/mol. The number of hydrogen-bond acceptors (Lipinski definition) is 3. The molecule has 21 heavy (non-hydrogen) atoms. The Bertz CT molecular complexity index is 625. The zero-order valence-electron chi connectivity index (χ0n) is 11.5. The van der Waals surface area contributed by atoms with Crippen molar-refractivity contribution in [3.05, 3.63) is 48.0 Å². The van der Waals surface area contributed by atoms with Crippen LogP contribution in [0.2, 0.25) is 0 Å². The number of carbonyl (C=O) groups is 2. The minimum absolute atomic E-state index is 0.0868. The lowest BCUT2D eigenvalue weighted by Crippen LogP contribution is -2.39. The summed E-state index contributed by atoms with van der Waals surface area (Å²) in [5, 5.41) is 11.9. The largest absolute Gasteiger partial charge is 0.478 e. The Balaban J connectivity index is 1.97. The molecule has 0 radical (unpaired) electrons. The average molecular weight is 288 g/mol. The molecule has 0 atom stereocenters. The van der Waals surface area contributed by atoms with Gasteiger partial charge in [0.15, 0.2) is 0 Å². The Morgan fingerprint density at radius 1 is 1.38 bits per heavy atom. The highest BCUT2D eigenvalue weighted by molar-refractivity contribution is 6.01. The number of aromatic nitrogens is 2. The van der Waals surface area contributed by atoms with Gasteiger partial charge in [-0.1, -0.05) is 12.1 Å². The van der Waals surface area contributed by atoms with Crippen molar-refractivity contribution in [2.24, 2.45) is 0 Å². The fraction of sp³-hybridized carbons (Fsp3) is 0.214. The summed E-state index contributed by atoms with van der Waals surface area (Å²) in [5.41, 5.74) is 1.36. The van der Waals surface area contributed by atoms with E-state index in [0.29, 0.717) is 18.7 Å². The van der Waals surface area contributed by atoms with E-state index in [-0.39, 0.29) is 11.6 Å². The Morgan fingerprint density at radius 3 is 2.81 bits per heavy atom. The Labute approximate surface area is 121 Å². The number of para-hydroxylation sites is 1. The first-order valence-electron chi connectivity index (χ1n) is 6.40. The quantitative estimate of drug-likeness (QED) is 0.776. The van der Waals surface area contributed by atoms with Gasteiger partial charge >= 0.3 is 12.0 Å². The fourth-order valence-electron chi connectivity index (χ4n) is 1.90. The summed E-state index contributed by atoms with van der Waals surface area (Å²) in [5.74, 6) is -1.07. The van der Waals surface area contributed by atoms with Crippen molar-refractivity contribution in [1.82, 2.24) is 15.3 Å². The smallest absolute Gasteiger partial charge is 0.337 e. The molecule has 2 rings (SSSR count). The van der Waals surface area contributed by atoms with Gasteiger partial charge in [0.2, 0.25) is 0 Å². The van der Waals surface area contributed by atoms with Crippen molar-refractivity contribution in [1.29, 1.82) is 0 Å². The third-order valence-electron chi connectivity index (χ3n) is 3.03. The molecule has 1 aromatic heterocycles. The number of aromatic carboxylic acids is 1. The van der Waals surface area contributed by atoms with Crippen molar-refractivity contribution in [2.45, 2.75) is 6.42 Å². The van der Waals surface area contributed by atoms with E-state index < -0.39 is 5.97 Å². The fourth-order valence-corrected chi connectivity index (χ4v) is 1.90. The number of benzene rings is 1. The number of carboxylic acid groups (broad SMARTS) is 1. The number of aromatic amines is 1. The lowest BCUT2D eigenvalue weighted by molar-refractivity contribution is 0.0697. The van der Waals surface area contributed by atoms with E-state index in [2.05, 4.69) is 15.3 Å². The van der Waals surface area contributed by atoms with E-state index in [0.717, 1.165) is 5.69 Å². The minimum Gasteiger partial charge on any atom is -0.478 e. The number of H-pyrrole nitrogens is 1. The van der Waals surface area contributed by atoms with E-state index in [1.54, 1.807) is 30.7 Å². The lowest BCUT2D eigenvalue weighted by Gasteiger charge is -2.19. The number of imidazole rings is 1. The average Bonchev–Trinajstić information content (AvgIpc) is 2.99. The monoisotopic (exact) mass is 288 g/mol. The maximum absolute atomic E-state index is 12.0. The molecule has 7 heteroatoms. The molecule has 0 spiro atoms. The van der Waals surface area contributed by atoms with Gasteiger partial charge in [0.1, 0.15) is 0 Å². The van der Waals surface area contributed by atoms with Crippen LogP contribution in [0.5, 0.6) is 0 Å². The van der Waals surface area contributed by atoms with Crippen LogP contribution in [0.1, 0.15) is 16.1 Å². The molecule has 110 valence electrons. The van der Waals surface area contributed by atoms with Gasteiger partial charge in [-0.3, -0.25) is 4.90 Å². The summed E-state index contributed by atoms with van der Waals surface area (Å²) in [4.78, 5) is 31.3. The summed E-state index contributed by atoms with van der Waals surface area (Å²) in [6, 6.07) is 6.01. The van der Waals surface area contributed by atoms with Crippen LogP contribution in [0.4, 0.5) is 10.5 Å². The zero-order valence-corrected chi connectivity index (χ0v) is 11.5. The molecule has 0 aliphatic rings. The molecule has 7 nitrogen and oxygen atoms in total. The summed E-state index contributed by atoms with van der Waals surface area (Å²) < 4.78 is 0. The molecule has 0 aliphatic heterocycles. The third kappa shape index (κ3) is 3.59. The second-order valence-corrected chi connectivity index (χ2v) is 4.44. The van der Waals surface area contributed by atoms with Crippen LogP contribution in [0.3, 0.4) is 0 Å². The van der Waals surface area contributed by atoms with Gasteiger partial charge < -0.3 is 15.4 Å². The second kappa shape index (κ2) is 6.56. The topological polar surface area (TPSA) is 98.3 Å². The van der Waals surface area contributed by atoms with Gasteiger partial charge in [-0.15, -0.1) is 0 Å². The highest BCUT2D eigenvalue weighted by Crippen LogP contribution is 2.19. The van der Waals surface area contributed by atoms with Gasteiger partial charge in [0.05, 0.1) is 17.6 Å². The van der Waals surface area contributed by atoms with Crippen molar-refractivity contribution in [3.63, 3.8) is 0 Å². The number of hydrogen-bond donors (Lipinski definition) is 3. The van der Waals surface area contributed by atoms with Crippen molar-refractivity contribution in [3.8, 4) is 0 Å². The molecule has 2 aromatic rings. The lowest BCUT2D eigenvalue weighted by atomic mass is 10.1. The van der Waals surface area contributed by atoms with Crippen LogP contribution >= 0.6 is 0 Å². The number of amides is 2. The van der Waals surface area contributed by atoms with Crippen molar-refractivity contribution >= 4 is 17.7 Å². The number of anilines is 1. The molecule has 0 unspecified atom stereocenters. The number of nitrogens with one attached hydrogen (secondary N) is 2. The normalized spacial score (nSPS) is 10.1. The summed E-state index contributed by atoms with van der Waals surface area (Å²) in [6.07, 6.45) is 3.89. The number of carbonyl (C=O) groups excluding carboxylic acids is 1. The molecular formula is C14H16N4O3. The summed E-state index contributed by atoms with van der Waals surface area (Å²) >= 11 is 0. The summed E-state index contributed by atoms with van der Waals surface area (Å²) in [6.45, 7) is 0.431. The maximum Gasteiger partial charge on any atom is 0.337 e. The van der Waals surface area contributed by atoms with Gasteiger partial charge in [0.25, 0.3) is 0 Å². The molecule has 1 aromatic carbocycles. The number of urea groups is 1. The van der Waals surface area contributed by atoms with Crippen LogP contribution < -0.4 is 10.2 Å². The molecular weight excluding hydrogens is 272 g/mol. The molecule has 0 fully saturated rings. The molecule has 2 amide bonds. The van der Waals surface area contributed by atoms with E-state index in [1.165, 1.54) is 18.0 Å². The first-order chi connectivity index (χ1) is 10.1. The van der Waals surface area contributed by atoms with E-state index in [9.17, 15) is 9.59 Å². The Hall–Kier alpha value is -2.83. The Kier molecular flexibility index (Phi) is 4.55. The SMILES string of the molecule is CN(C(=O)NCCc1cnc[nH]1)c1ccccc1C(=O)O. The van der Waals surface area contributed by atoms with Gasteiger partial charge in [-0.05, 0) is 12.1 Å². The van der Waals surface area contributed by atoms with Crippen LogP contribution in [-0.4, -0.2) is 40.7 Å². The first-order valence-corrected chi connectivity index (χ1v) is 6.40. The highest BCUT2D eigenvalue weighted by Gasteiger charge is 2.17. The van der Waals surface area contributed by atoms with Crippen molar-refractivity contribution in [2.75, 3.05) is 18.5 Å². The third-order valence-corrected chi connectivity index (χ3v) is 3.03. The standard InChI is InChI=1S/C14H16N4O3/c1-18(12-5-3-2-4-11(12)13(19)20)14(21)16-7-6-10-8-15-9-17-10/h2-5,8-9H,6-7H2,1H3,(H,15,17)(H,16,21)(H,19,20). The van der Waals surface area contributed by atoms with E-state index in [1.807, 2.05) is 0 Å². The molecule has 0 bridgehead atoms. The minimum atomic E-state index is -1.07. The van der Waals surface area contributed by atoms with Gasteiger partial charge in [-0.2, -0.15) is 0 Å². The molecule has 1 heterocycles. The van der Waals surface area contributed by atoms with Crippen molar-refractivity contribution < 1.29 is 14.7 Å². The molecule has 3 N–H and O–H groups in total. The zero-order chi connectivity index (χ0) is 15.2. The second-order valence-electron chi connectivity index (χ2n) is 4.44. The van der Waals surface area contributed by atoms with E-state index >= 15 is 0 Å². The predicted octanol–water partition coefficient (Wildman–Crippen LogP) is 1.50. The highest BCUT2D eigenvalue weighted by atomic mass is 16.4. The molecule has 0 saturated heterocycles. The molecule has 0 aliphatic carbocycles. The van der Waals surface area contributed by atoms with Crippen LogP contribution in [0, 0.1) is 0 Å². The maximum atomic E-state index is 12.0. The number of nitrogens with zero attached hydrogens (tertiary/aromatic N) is 2. The van der Waals surface area contributed by atoms with Crippen LogP contribution in [-0.2, 0) is 6.42 Å².